The molecule has 0 amide bonds. The van der Waals surface area contributed by atoms with Gasteiger partial charge in [-0.15, -0.1) is 0 Å². The topological polar surface area (TPSA) is 29.1 Å². The van der Waals surface area contributed by atoms with Gasteiger partial charge in [0.25, 0.3) is 0 Å². The van der Waals surface area contributed by atoms with E-state index in [9.17, 15) is 4.21 Å². The summed E-state index contributed by atoms with van der Waals surface area (Å²) in [6.07, 6.45) is 6.19. The monoisotopic (exact) mass is 237 g/mol. The summed E-state index contributed by atoms with van der Waals surface area (Å²) in [6, 6.07) is 8.32. The Kier molecular flexibility index (Phi) is 4.13. The molecule has 0 spiro atoms. The number of nitrogens with one attached hydrogen (secondary N) is 1. The fourth-order valence-electron chi connectivity index (χ4n) is 2.20. The van der Waals surface area contributed by atoms with Crippen LogP contribution in [0.25, 0.3) is 0 Å². The SMILES string of the molecule is Cc1ccccc1S(=O)NC1CCCCC1. The van der Waals surface area contributed by atoms with E-state index in [1.54, 1.807) is 0 Å². The lowest BCUT2D eigenvalue weighted by Gasteiger charge is -2.22. The van der Waals surface area contributed by atoms with Gasteiger partial charge in [0.15, 0.2) is 0 Å². The van der Waals surface area contributed by atoms with Crippen molar-refractivity contribution in [3.8, 4) is 0 Å². The Morgan fingerprint density at radius 2 is 1.88 bits per heavy atom. The van der Waals surface area contributed by atoms with Gasteiger partial charge >= 0.3 is 0 Å². The number of hydrogen-bond acceptors (Lipinski definition) is 1. The predicted molar refractivity (Wildman–Crippen MR) is 67.6 cm³/mol. The fraction of sp³-hybridized carbons (Fsp3) is 0.538. The first-order chi connectivity index (χ1) is 7.77. The molecule has 2 nitrogen and oxygen atoms in total. The van der Waals surface area contributed by atoms with Crippen LogP contribution in [0.15, 0.2) is 29.2 Å². The zero-order chi connectivity index (χ0) is 11.4. The quantitative estimate of drug-likeness (QED) is 0.860. The minimum Gasteiger partial charge on any atom is -0.237 e. The predicted octanol–water partition coefficient (Wildman–Crippen LogP) is 2.94. The van der Waals surface area contributed by atoms with Gasteiger partial charge in [-0.2, -0.15) is 0 Å². The van der Waals surface area contributed by atoms with E-state index in [0.717, 1.165) is 23.3 Å². The molecule has 1 fully saturated rings. The Morgan fingerprint density at radius 3 is 2.56 bits per heavy atom. The molecule has 0 saturated heterocycles. The molecular formula is C13H19NOS. The molecule has 0 heterocycles. The van der Waals surface area contributed by atoms with Crippen molar-refractivity contribution in [2.45, 2.75) is 50.0 Å². The average molecular weight is 237 g/mol. The van der Waals surface area contributed by atoms with Crippen molar-refractivity contribution in [2.24, 2.45) is 0 Å². The average Bonchev–Trinajstić information content (AvgIpc) is 2.31. The van der Waals surface area contributed by atoms with Crippen LogP contribution >= 0.6 is 0 Å². The third kappa shape index (κ3) is 2.92. The first-order valence-electron chi connectivity index (χ1n) is 6.01. The van der Waals surface area contributed by atoms with E-state index in [1.807, 2.05) is 31.2 Å². The molecule has 0 aromatic heterocycles. The molecule has 1 aromatic carbocycles. The molecule has 1 aliphatic carbocycles. The molecule has 3 heteroatoms. The van der Waals surface area contributed by atoms with Gasteiger partial charge in [-0.3, -0.25) is 0 Å². The highest BCUT2D eigenvalue weighted by Gasteiger charge is 2.16. The maximum absolute atomic E-state index is 12.1. The molecule has 1 atom stereocenters. The van der Waals surface area contributed by atoms with Gasteiger partial charge in [-0.1, -0.05) is 37.5 Å². The molecule has 16 heavy (non-hydrogen) atoms. The molecule has 0 radical (unpaired) electrons. The van der Waals surface area contributed by atoms with E-state index in [4.69, 9.17) is 0 Å². The Morgan fingerprint density at radius 1 is 1.19 bits per heavy atom. The normalized spacial score (nSPS) is 19.6. The van der Waals surface area contributed by atoms with Gasteiger partial charge in [0, 0.05) is 6.04 Å². The maximum atomic E-state index is 12.1. The minimum absolute atomic E-state index is 0.439. The van der Waals surface area contributed by atoms with Gasteiger partial charge in [-0.25, -0.2) is 8.93 Å². The van der Waals surface area contributed by atoms with E-state index in [-0.39, 0.29) is 0 Å². The summed E-state index contributed by atoms with van der Waals surface area (Å²) in [4.78, 5) is 0.924. The van der Waals surface area contributed by atoms with Crippen molar-refractivity contribution in [3.63, 3.8) is 0 Å². The Bertz CT molecular complexity index is 372. The Balaban J connectivity index is 2.00. The second-order valence-corrected chi connectivity index (χ2v) is 5.70. The molecule has 0 aliphatic heterocycles. The summed E-state index contributed by atoms with van der Waals surface area (Å²) in [7, 11) is -1.04. The van der Waals surface area contributed by atoms with E-state index in [0.29, 0.717) is 6.04 Å². The molecule has 0 bridgehead atoms. The lowest BCUT2D eigenvalue weighted by Crippen LogP contribution is -2.32. The van der Waals surface area contributed by atoms with Crippen LogP contribution in [0.5, 0.6) is 0 Å². The molecule has 1 unspecified atom stereocenters. The Labute approximate surface area is 100 Å². The van der Waals surface area contributed by atoms with Crippen molar-refractivity contribution < 1.29 is 4.21 Å². The molecular weight excluding hydrogens is 218 g/mol. The summed E-state index contributed by atoms with van der Waals surface area (Å²) < 4.78 is 15.4. The lowest BCUT2D eigenvalue weighted by atomic mass is 9.96. The van der Waals surface area contributed by atoms with Crippen LogP contribution in [0.3, 0.4) is 0 Å². The first kappa shape index (κ1) is 11.8. The van der Waals surface area contributed by atoms with E-state index in [1.165, 1.54) is 19.3 Å². The van der Waals surface area contributed by atoms with Gasteiger partial charge in [0.2, 0.25) is 0 Å². The lowest BCUT2D eigenvalue weighted by molar-refractivity contribution is 0.419. The van der Waals surface area contributed by atoms with Crippen LogP contribution in [0.1, 0.15) is 37.7 Å². The third-order valence-corrected chi connectivity index (χ3v) is 4.58. The van der Waals surface area contributed by atoms with Crippen molar-refractivity contribution in [2.75, 3.05) is 0 Å². The largest absolute Gasteiger partial charge is 0.237 e. The van der Waals surface area contributed by atoms with Gasteiger partial charge < -0.3 is 0 Å². The molecule has 2 rings (SSSR count). The maximum Gasteiger partial charge on any atom is 0.125 e. The van der Waals surface area contributed by atoms with Crippen molar-refractivity contribution in [1.82, 2.24) is 4.72 Å². The zero-order valence-corrected chi connectivity index (χ0v) is 10.6. The number of rotatable bonds is 3. The van der Waals surface area contributed by atoms with E-state index in [2.05, 4.69) is 4.72 Å². The summed E-state index contributed by atoms with van der Waals surface area (Å²) in [5, 5.41) is 0. The second-order valence-electron chi connectivity index (χ2n) is 4.49. The minimum atomic E-state index is -1.04. The van der Waals surface area contributed by atoms with Crippen LogP contribution in [0, 0.1) is 6.92 Å². The first-order valence-corrected chi connectivity index (χ1v) is 7.16. The van der Waals surface area contributed by atoms with Crippen LogP contribution < -0.4 is 4.72 Å². The molecule has 1 aromatic rings. The standard InChI is InChI=1S/C13H19NOS/c1-11-7-5-6-10-13(11)16(15)14-12-8-3-2-4-9-12/h5-7,10,12,14H,2-4,8-9H2,1H3. The van der Waals surface area contributed by atoms with E-state index < -0.39 is 11.0 Å². The van der Waals surface area contributed by atoms with Crippen molar-refractivity contribution in [3.05, 3.63) is 29.8 Å². The molecule has 1 aliphatic rings. The van der Waals surface area contributed by atoms with Crippen LogP contribution in [0.2, 0.25) is 0 Å². The third-order valence-electron chi connectivity index (χ3n) is 3.17. The second kappa shape index (κ2) is 5.60. The molecule has 1 N–H and O–H groups in total. The van der Waals surface area contributed by atoms with Crippen molar-refractivity contribution >= 4 is 11.0 Å². The summed E-state index contributed by atoms with van der Waals surface area (Å²) in [5.74, 6) is 0. The van der Waals surface area contributed by atoms with Gasteiger partial charge in [-0.05, 0) is 31.4 Å². The number of aryl methyl sites for hydroxylation is 1. The number of benzene rings is 1. The summed E-state index contributed by atoms with van der Waals surface area (Å²) in [6.45, 7) is 2.01. The highest BCUT2D eigenvalue weighted by Crippen LogP contribution is 2.19. The van der Waals surface area contributed by atoms with Gasteiger partial charge in [0.05, 0.1) is 4.90 Å². The van der Waals surface area contributed by atoms with Crippen LogP contribution in [0.4, 0.5) is 0 Å². The fourth-order valence-corrected chi connectivity index (χ4v) is 3.43. The van der Waals surface area contributed by atoms with Gasteiger partial charge in [0.1, 0.15) is 11.0 Å². The highest BCUT2D eigenvalue weighted by atomic mass is 32.2. The van der Waals surface area contributed by atoms with Crippen molar-refractivity contribution in [1.29, 1.82) is 0 Å². The van der Waals surface area contributed by atoms with Crippen LogP contribution in [-0.4, -0.2) is 10.3 Å². The highest BCUT2D eigenvalue weighted by molar-refractivity contribution is 7.83. The molecule has 1 saturated carbocycles. The molecule has 88 valence electrons. The number of hydrogen-bond donors (Lipinski definition) is 1. The summed E-state index contributed by atoms with van der Waals surface area (Å²) >= 11 is 0. The smallest absolute Gasteiger partial charge is 0.125 e. The summed E-state index contributed by atoms with van der Waals surface area (Å²) in [5.41, 5.74) is 1.10. The van der Waals surface area contributed by atoms with E-state index >= 15 is 0 Å². The zero-order valence-electron chi connectivity index (χ0n) is 9.74. The Hall–Kier alpha value is -0.670. The van der Waals surface area contributed by atoms with Crippen LogP contribution in [-0.2, 0) is 11.0 Å².